The van der Waals surface area contributed by atoms with Crippen molar-refractivity contribution in [2.75, 3.05) is 39.6 Å². The van der Waals surface area contributed by atoms with Gasteiger partial charge in [0.15, 0.2) is 12.2 Å². The summed E-state index contributed by atoms with van der Waals surface area (Å²) in [4.78, 5) is 72.9. The Morgan fingerprint density at radius 1 is 0.270 bits per heavy atom. The topological polar surface area (TPSA) is 237 Å². The number of aliphatic hydroxyl groups excluding tert-OH is 1. The van der Waals surface area contributed by atoms with Gasteiger partial charge in [0, 0.05) is 25.7 Å². The van der Waals surface area contributed by atoms with Crippen LogP contribution in [0.3, 0.4) is 0 Å². The first-order chi connectivity index (χ1) is 48.2. The van der Waals surface area contributed by atoms with Gasteiger partial charge in [0.1, 0.15) is 19.3 Å². The van der Waals surface area contributed by atoms with Crippen LogP contribution in [0.4, 0.5) is 0 Å². The molecule has 0 aliphatic carbocycles. The minimum Gasteiger partial charge on any atom is -0.462 e. The maximum atomic E-state index is 13.1. The zero-order valence-corrected chi connectivity index (χ0v) is 67.5. The van der Waals surface area contributed by atoms with Crippen LogP contribution in [0.15, 0.2) is 0 Å². The molecular formula is C81H158O17P2. The third-order valence-electron chi connectivity index (χ3n) is 18.9. The lowest BCUT2D eigenvalue weighted by Crippen LogP contribution is -2.30. The zero-order valence-electron chi connectivity index (χ0n) is 65.7. The van der Waals surface area contributed by atoms with Crippen molar-refractivity contribution in [2.24, 2.45) is 17.8 Å². The maximum Gasteiger partial charge on any atom is 0.472 e. The molecule has 0 fully saturated rings. The summed E-state index contributed by atoms with van der Waals surface area (Å²) in [5.41, 5.74) is 0. The van der Waals surface area contributed by atoms with Crippen LogP contribution in [-0.2, 0) is 65.4 Å². The lowest BCUT2D eigenvalue weighted by molar-refractivity contribution is -0.161. The highest BCUT2D eigenvalue weighted by Crippen LogP contribution is 2.45. The van der Waals surface area contributed by atoms with E-state index in [2.05, 4.69) is 48.5 Å². The first-order valence-electron chi connectivity index (χ1n) is 41.8. The molecule has 0 saturated heterocycles. The van der Waals surface area contributed by atoms with E-state index in [-0.39, 0.29) is 25.7 Å². The number of carbonyl (C=O) groups excluding carboxylic acids is 4. The highest BCUT2D eigenvalue weighted by Gasteiger charge is 2.30. The number of esters is 4. The predicted molar refractivity (Wildman–Crippen MR) is 409 cm³/mol. The summed E-state index contributed by atoms with van der Waals surface area (Å²) in [6.45, 7) is 12.0. The van der Waals surface area contributed by atoms with Gasteiger partial charge in [-0.15, -0.1) is 0 Å². The first kappa shape index (κ1) is 98.1. The third-order valence-corrected chi connectivity index (χ3v) is 20.8. The van der Waals surface area contributed by atoms with Crippen molar-refractivity contribution in [1.29, 1.82) is 0 Å². The number of phosphoric acid groups is 2. The summed E-state index contributed by atoms with van der Waals surface area (Å²) < 4.78 is 68.6. The van der Waals surface area contributed by atoms with Gasteiger partial charge in [0.2, 0.25) is 0 Å². The van der Waals surface area contributed by atoms with Crippen LogP contribution in [0.5, 0.6) is 0 Å². The molecule has 0 aliphatic heterocycles. The third kappa shape index (κ3) is 74.3. The van der Waals surface area contributed by atoms with Crippen LogP contribution >= 0.6 is 15.6 Å². The molecular weight excluding hydrogens is 1310 g/mol. The molecule has 5 atom stereocenters. The van der Waals surface area contributed by atoms with E-state index in [0.717, 1.165) is 114 Å². The van der Waals surface area contributed by atoms with E-state index in [1.54, 1.807) is 0 Å². The normalized spacial score (nSPS) is 14.0. The predicted octanol–water partition coefficient (Wildman–Crippen LogP) is 24.1. The summed E-state index contributed by atoms with van der Waals surface area (Å²) in [5, 5.41) is 10.6. The van der Waals surface area contributed by atoms with Crippen molar-refractivity contribution < 1.29 is 80.2 Å². The monoisotopic (exact) mass is 1470 g/mol. The fourth-order valence-electron chi connectivity index (χ4n) is 12.5. The average Bonchev–Trinajstić information content (AvgIpc) is 0.926. The fraction of sp³-hybridized carbons (Fsp3) is 0.951. The molecule has 2 unspecified atom stereocenters. The van der Waals surface area contributed by atoms with E-state index in [1.165, 1.54) is 225 Å². The van der Waals surface area contributed by atoms with Crippen LogP contribution in [0, 0.1) is 17.8 Å². The second-order valence-corrected chi connectivity index (χ2v) is 33.5. The Bertz CT molecular complexity index is 1940. The Hall–Kier alpha value is -1.94. The Kier molecular flexibility index (Phi) is 69.9. The van der Waals surface area contributed by atoms with Gasteiger partial charge in [0.25, 0.3) is 0 Å². The van der Waals surface area contributed by atoms with Crippen molar-refractivity contribution in [3.8, 4) is 0 Å². The molecule has 0 aliphatic rings. The van der Waals surface area contributed by atoms with E-state index >= 15 is 0 Å². The van der Waals surface area contributed by atoms with Gasteiger partial charge >= 0.3 is 39.5 Å². The Balaban J connectivity index is 5.20. The largest absolute Gasteiger partial charge is 0.472 e. The molecule has 17 nitrogen and oxygen atoms in total. The highest BCUT2D eigenvalue weighted by atomic mass is 31.2. The van der Waals surface area contributed by atoms with E-state index in [9.17, 15) is 43.2 Å². The second kappa shape index (κ2) is 71.3. The van der Waals surface area contributed by atoms with Crippen LogP contribution in [-0.4, -0.2) is 96.7 Å². The van der Waals surface area contributed by atoms with Crippen LogP contribution in [0.25, 0.3) is 0 Å². The van der Waals surface area contributed by atoms with Crippen molar-refractivity contribution in [2.45, 2.75) is 439 Å². The SMILES string of the molecule is CCCCCCCCCCC(=O)OC[C@H](COP(=O)(O)OC[C@H](O)COP(=O)(O)OC[C@@H](COC(=O)CCCCCCCCCCCCCCCCCCC(C)C)OC(=O)CCCCCCCCCCCCCCCCCCC(C)C)OC(=O)CCCCCCCCCCCCCC(C)C. The van der Waals surface area contributed by atoms with Gasteiger partial charge in [0.05, 0.1) is 26.4 Å². The minimum absolute atomic E-state index is 0.106. The lowest BCUT2D eigenvalue weighted by Gasteiger charge is -2.21. The number of hydrogen-bond acceptors (Lipinski definition) is 15. The van der Waals surface area contributed by atoms with E-state index < -0.39 is 97.5 Å². The number of carbonyl (C=O) groups is 4. The molecule has 0 amide bonds. The number of hydrogen-bond donors (Lipinski definition) is 3. The summed E-state index contributed by atoms with van der Waals surface area (Å²) >= 11 is 0. The smallest absolute Gasteiger partial charge is 0.462 e. The number of phosphoric ester groups is 2. The first-order valence-corrected chi connectivity index (χ1v) is 44.8. The van der Waals surface area contributed by atoms with E-state index in [0.29, 0.717) is 25.7 Å². The molecule has 0 aromatic heterocycles. The molecule has 0 saturated carbocycles. The van der Waals surface area contributed by atoms with Crippen LogP contribution < -0.4 is 0 Å². The molecule has 0 aromatic carbocycles. The quantitative estimate of drug-likeness (QED) is 0.0222. The number of rotatable bonds is 79. The molecule has 0 heterocycles. The van der Waals surface area contributed by atoms with Crippen molar-refractivity contribution in [1.82, 2.24) is 0 Å². The van der Waals surface area contributed by atoms with Crippen molar-refractivity contribution >= 4 is 39.5 Å². The number of aliphatic hydroxyl groups is 1. The van der Waals surface area contributed by atoms with E-state index in [4.69, 9.17) is 37.0 Å². The Labute approximate surface area is 613 Å². The van der Waals surface area contributed by atoms with Gasteiger partial charge in [-0.05, 0) is 43.4 Å². The maximum absolute atomic E-state index is 13.1. The summed E-state index contributed by atoms with van der Waals surface area (Å²) in [6.07, 6.45) is 59.7. The zero-order chi connectivity index (χ0) is 73.7. The highest BCUT2D eigenvalue weighted by molar-refractivity contribution is 7.47. The summed E-state index contributed by atoms with van der Waals surface area (Å²) in [5.74, 6) is 0.274. The molecule has 0 radical (unpaired) electrons. The van der Waals surface area contributed by atoms with E-state index in [1.807, 2.05) is 0 Å². The number of unbranched alkanes of at least 4 members (excludes halogenated alkanes) is 47. The van der Waals surface area contributed by atoms with Gasteiger partial charge in [-0.1, -0.05) is 370 Å². The Morgan fingerprint density at radius 3 is 0.680 bits per heavy atom. The molecule has 3 N–H and O–H groups in total. The molecule has 594 valence electrons. The molecule has 0 aromatic rings. The average molecular weight is 1470 g/mol. The van der Waals surface area contributed by atoms with Gasteiger partial charge in [-0.25, -0.2) is 9.13 Å². The van der Waals surface area contributed by atoms with Crippen molar-refractivity contribution in [3.05, 3.63) is 0 Å². The summed E-state index contributed by atoms with van der Waals surface area (Å²) in [7, 11) is -9.92. The standard InChI is InChI=1S/C81H158O17P2/c1-8-9-10-11-12-41-48-55-62-78(83)91-68-76(97-81(86)65-58-51-44-37-31-25-28-34-40-47-54-61-74(6)7)70-95-99(87,88)93-66-75(82)67-94-100(89,90)96-71-77(98-80(85)64-57-50-43-36-30-24-20-16-14-18-22-27-33-39-46-53-60-73(4)5)69-92-79(84)63-56-49-42-35-29-23-19-15-13-17-21-26-32-38-45-52-59-72(2)3/h72-77,82H,8-71H2,1-7H3,(H,87,88)(H,89,90)/t75-,76+,77+/m0/s1. The van der Waals surface area contributed by atoms with Crippen LogP contribution in [0.2, 0.25) is 0 Å². The molecule has 100 heavy (non-hydrogen) atoms. The minimum atomic E-state index is -4.96. The summed E-state index contributed by atoms with van der Waals surface area (Å²) in [6, 6.07) is 0. The lowest BCUT2D eigenvalue weighted by atomic mass is 10.0. The Morgan fingerprint density at radius 2 is 0.460 bits per heavy atom. The molecule has 19 heteroatoms. The fourth-order valence-corrected chi connectivity index (χ4v) is 14.1. The van der Waals surface area contributed by atoms with Crippen molar-refractivity contribution in [3.63, 3.8) is 0 Å². The molecule has 0 spiro atoms. The van der Waals surface area contributed by atoms with Crippen LogP contribution in [0.1, 0.15) is 421 Å². The molecule has 0 rings (SSSR count). The van der Waals surface area contributed by atoms with Gasteiger partial charge in [-0.3, -0.25) is 37.3 Å². The number of ether oxygens (including phenoxy) is 4. The molecule has 0 bridgehead atoms. The second-order valence-electron chi connectivity index (χ2n) is 30.6. The van der Waals surface area contributed by atoms with Gasteiger partial charge < -0.3 is 33.8 Å². The van der Waals surface area contributed by atoms with Gasteiger partial charge in [-0.2, -0.15) is 0 Å².